The number of anilines is 1. The van der Waals surface area contributed by atoms with Gasteiger partial charge in [-0.2, -0.15) is 5.26 Å². The van der Waals surface area contributed by atoms with Crippen LogP contribution in [0.15, 0.2) is 78.9 Å². The first kappa shape index (κ1) is 18.2. The highest BCUT2D eigenvalue weighted by Gasteiger charge is 2.07. The van der Waals surface area contributed by atoms with Crippen LogP contribution in [-0.2, 0) is 0 Å². The maximum Gasteiger partial charge on any atom is 0.255 e. The summed E-state index contributed by atoms with van der Waals surface area (Å²) in [5.41, 5.74) is 3.45. The number of benzene rings is 3. The summed E-state index contributed by atoms with van der Waals surface area (Å²) in [4.78, 5) is 12.5. The van der Waals surface area contributed by atoms with Gasteiger partial charge < -0.3 is 10.1 Å². The van der Waals surface area contributed by atoms with E-state index in [1.54, 1.807) is 6.07 Å². The molecule has 4 nitrogen and oxygen atoms in total. The number of hydrogen-bond donors (Lipinski definition) is 1. The van der Waals surface area contributed by atoms with E-state index in [4.69, 9.17) is 10.00 Å². The number of hydrogen-bond acceptors (Lipinski definition) is 3. The van der Waals surface area contributed by atoms with Crippen molar-refractivity contribution in [2.24, 2.45) is 0 Å². The largest absolute Gasteiger partial charge is 0.493 e. The quantitative estimate of drug-likeness (QED) is 0.585. The van der Waals surface area contributed by atoms with Gasteiger partial charge in [0.2, 0.25) is 0 Å². The van der Waals surface area contributed by atoms with Gasteiger partial charge in [0.25, 0.3) is 5.91 Å². The molecular weight excluding hydrogens is 336 g/mol. The summed E-state index contributed by atoms with van der Waals surface area (Å²) in [5, 5.41) is 11.4. The standard InChI is InChI=1S/C23H20N2O2/c24-15-4-5-16-27-22-10-6-9-21(17-22)25-23(26)20-13-11-19(12-14-20)18-7-2-1-3-8-18/h1-3,6-14,17H,4-5,16H2,(H,25,26). The number of ether oxygens (including phenoxy) is 1. The molecule has 0 unspecified atom stereocenters. The van der Waals surface area contributed by atoms with Crippen molar-refractivity contribution < 1.29 is 9.53 Å². The van der Waals surface area contributed by atoms with Crippen LogP contribution in [0.25, 0.3) is 11.1 Å². The van der Waals surface area contributed by atoms with Crippen LogP contribution < -0.4 is 10.1 Å². The minimum atomic E-state index is -0.170. The zero-order valence-corrected chi connectivity index (χ0v) is 14.9. The van der Waals surface area contributed by atoms with E-state index in [0.29, 0.717) is 36.4 Å². The molecule has 3 aromatic carbocycles. The Kier molecular flexibility index (Phi) is 6.21. The highest BCUT2D eigenvalue weighted by molar-refractivity contribution is 6.04. The molecular formula is C23H20N2O2. The molecule has 0 spiro atoms. The van der Waals surface area contributed by atoms with Crippen LogP contribution >= 0.6 is 0 Å². The zero-order chi connectivity index (χ0) is 18.9. The number of unbranched alkanes of at least 4 members (excludes halogenated alkanes) is 1. The normalized spacial score (nSPS) is 10.0. The second-order valence-electron chi connectivity index (χ2n) is 6.04. The Morgan fingerprint density at radius 2 is 1.67 bits per heavy atom. The monoisotopic (exact) mass is 356 g/mol. The van der Waals surface area contributed by atoms with Crippen LogP contribution in [0.5, 0.6) is 5.75 Å². The molecule has 0 saturated carbocycles. The van der Waals surface area contributed by atoms with Crippen molar-refractivity contribution in [1.29, 1.82) is 5.26 Å². The van der Waals surface area contributed by atoms with Gasteiger partial charge in [-0.05, 0) is 41.8 Å². The molecule has 0 aliphatic heterocycles. The van der Waals surface area contributed by atoms with Crippen LogP contribution in [-0.4, -0.2) is 12.5 Å². The summed E-state index contributed by atoms with van der Waals surface area (Å²) in [6.07, 6.45) is 1.15. The Morgan fingerprint density at radius 1 is 0.926 bits per heavy atom. The first-order valence-electron chi connectivity index (χ1n) is 8.83. The van der Waals surface area contributed by atoms with Gasteiger partial charge in [-0.15, -0.1) is 0 Å². The van der Waals surface area contributed by atoms with E-state index in [9.17, 15) is 4.79 Å². The summed E-state index contributed by atoms with van der Waals surface area (Å²) in [7, 11) is 0. The third-order valence-electron chi connectivity index (χ3n) is 4.05. The first-order valence-corrected chi connectivity index (χ1v) is 8.83. The number of carbonyl (C=O) groups excluding carboxylic acids is 1. The van der Waals surface area contributed by atoms with E-state index < -0.39 is 0 Å². The van der Waals surface area contributed by atoms with Crippen LogP contribution in [0.1, 0.15) is 23.2 Å². The van der Waals surface area contributed by atoms with Crippen molar-refractivity contribution in [3.8, 4) is 22.9 Å². The van der Waals surface area contributed by atoms with Crippen LogP contribution in [0.3, 0.4) is 0 Å². The van der Waals surface area contributed by atoms with E-state index in [0.717, 1.165) is 11.1 Å². The highest BCUT2D eigenvalue weighted by Crippen LogP contribution is 2.21. The fraction of sp³-hybridized carbons (Fsp3) is 0.130. The highest BCUT2D eigenvalue weighted by atomic mass is 16.5. The maximum atomic E-state index is 12.5. The van der Waals surface area contributed by atoms with Gasteiger partial charge in [-0.3, -0.25) is 4.79 Å². The second kappa shape index (κ2) is 9.21. The third-order valence-corrected chi connectivity index (χ3v) is 4.05. The van der Waals surface area contributed by atoms with Crippen molar-refractivity contribution in [2.45, 2.75) is 12.8 Å². The topological polar surface area (TPSA) is 62.1 Å². The molecule has 0 aromatic heterocycles. The molecule has 0 heterocycles. The molecule has 0 atom stereocenters. The molecule has 0 radical (unpaired) electrons. The second-order valence-corrected chi connectivity index (χ2v) is 6.04. The van der Waals surface area contributed by atoms with Gasteiger partial charge >= 0.3 is 0 Å². The number of nitriles is 1. The molecule has 3 aromatic rings. The van der Waals surface area contributed by atoms with Crippen LogP contribution in [0, 0.1) is 11.3 Å². The van der Waals surface area contributed by atoms with Gasteiger partial charge in [0, 0.05) is 23.7 Å². The first-order chi connectivity index (χ1) is 13.3. The summed E-state index contributed by atoms with van der Waals surface area (Å²) in [6, 6.07) is 26.9. The number of nitrogens with zero attached hydrogens (tertiary/aromatic N) is 1. The lowest BCUT2D eigenvalue weighted by atomic mass is 10.0. The summed E-state index contributed by atoms with van der Waals surface area (Å²) in [5.74, 6) is 0.501. The fourth-order valence-electron chi connectivity index (χ4n) is 2.65. The number of carbonyl (C=O) groups is 1. The van der Waals surface area contributed by atoms with Crippen molar-refractivity contribution in [2.75, 3.05) is 11.9 Å². The molecule has 0 aliphatic rings. The van der Waals surface area contributed by atoms with Gasteiger partial charge in [0.15, 0.2) is 0 Å². The van der Waals surface area contributed by atoms with Crippen LogP contribution in [0.2, 0.25) is 0 Å². The van der Waals surface area contributed by atoms with Gasteiger partial charge in [-0.1, -0.05) is 48.5 Å². The van der Waals surface area contributed by atoms with E-state index in [2.05, 4.69) is 11.4 Å². The third kappa shape index (κ3) is 5.20. The van der Waals surface area contributed by atoms with Crippen LogP contribution in [0.4, 0.5) is 5.69 Å². The summed E-state index contributed by atoms with van der Waals surface area (Å²) < 4.78 is 5.60. The fourth-order valence-corrected chi connectivity index (χ4v) is 2.65. The molecule has 3 rings (SSSR count). The van der Waals surface area contributed by atoms with Crippen molar-refractivity contribution >= 4 is 11.6 Å². The predicted octanol–water partition coefficient (Wildman–Crippen LogP) is 5.29. The van der Waals surface area contributed by atoms with E-state index in [1.165, 1.54) is 0 Å². The summed E-state index contributed by atoms with van der Waals surface area (Å²) >= 11 is 0. The number of amides is 1. The van der Waals surface area contributed by atoms with E-state index in [1.807, 2.05) is 72.8 Å². The zero-order valence-electron chi connectivity index (χ0n) is 14.9. The number of rotatable bonds is 7. The van der Waals surface area contributed by atoms with Gasteiger partial charge in [0.1, 0.15) is 5.75 Å². The minimum Gasteiger partial charge on any atom is -0.493 e. The van der Waals surface area contributed by atoms with Crippen molar-refractivity contribution in [1.82, 2.24) is 0 Å². The average Bonchev–Trinajstić information content (AvgIpc) is 2.72. The molecule has 1 N–H and O–H groups in total. The molecule has 134 valence electrons. The van der Waals surface area contributed by atoms with E-state index in [-0.39, 0.29) is 5.91 Å². The lowest BCUT2D eigenvalue weighted by molar-refractivity contribution is 0.102. The smallest absolute Gasteiger partial charge is 0.255 e. The SMILES string of the molecule is N#CCCCOc1cccc(NC(=O)c2ccc(-c3ccccc3)cc2)c1. The Bertz CT molecular complexity index is 929. The van der Waals surface area contributed by atoms with Gasteiger partial charge in [0.05, 0.1) is 12.7 Å². The van der Waals surface area contributed by atoms with Gasteiger partial charge in [-0.25, -0.2) is 0 Å². The molecule has 0 bridgehead atoms. The molecule has 4 heteroatoms. The van der Waals surface area contributed by atoms with E-state index >= 15 is 0 Å². The molecule has 0 fully saturated rings. The average molecular weight is 356 g/mol. The summed E-state index contributed by atoms with van der Waals surface area (Å²) in [6.45, 7) is 0.478. The predicted molar refractivity (Wildman–Crippen MR) is 107 cm³/mol. The molecule has 0 aliphatic carbocycles. The van der Waals surface area contributed by atoms with Crippen molar-refractivity contribution in [3.05, 3.63) is 84.4 Å². The Hall–Kier alpha value is -3.58. The molecule has 0 saturated heterocycles. The Morgan fingerprint density at radius 3 is 2.41 bits per heavy atom. The number of nitrogens with one attached hydrogen (secondary N) is 1. The van der Waals surface area contributed by atoms with Crippen molar-refractivity contribution in [3.63, 3.8) is 0 Å². The molecule has 27 heavy (non-hydrogen) atoms. The Balaban J connectivity index is 1.62. The minimum absolute atomic E-state index is 0.170. The lowest BCUT2D eigenvalue weighted by Crippen LogP contribution is -2.11. The molecule has 1 amide bonds. The Labute approximate surface area is 159 Å². The lowest BCUT2D eigenvalue weighted by Gasteiger charge is -2.09. The maximum absolute atomic E-state index is 12.5.